The molecule has 1 amide bonds. The van der Waals surface area contributed by atoms with Gasteiger partial charge in [0.25, 0.3) is 5.91 Å². The molecule has 0 aromatic heterocycles. The number of hydrogen-bond donors (Lipinski definition) is 2. The van der Waals surface area contributed by atoms with E-state index < -0.39 is 0 Å². The van der Waals surface area contributed by atoms with Crippen molar-refractivity contribution in [3.8, 4) is 11.5 Å². The van der Waals surface area contributed by atoms with Crippen LogP contribution in [0.15, 0.2) is 42.5 Å². The van der Waals surface area contributed by atoms with Crippen molar-refractivity contribution in [2.24, 2.45) is 0 Å². The van der Waals surface area contributed by atoms with Crippen LogP contribution in [0.1, 0.15) is 27.4 Å². The van der Waals surface area contributed by atoms with Crippen LogP contribution in [0.25, 0.3) is 0 Å². The Balaban J connectivity index is 1.62. The van der Waals surface area contributed by atoms with Gasteiger partial charge in [0, 0.05) is 18.0 Å². The summed E-state index contributed by atoms with van der Waals surface area (Å²) >= 11 is 0. The van der Waals surface area contributed by atoms with Crippen LogP contribution in [0.5, 0.6) is 11.5 Å². The van der Waals surface area contributed by atoms with Crippen molar-refractivity contribution >= 4 is 5.91 Å². The Hall–Kier alpha value is -2.49. The summed E-state index contributed by atoms with van der Waals surface area (Å²) in [6, 6.07) is 12.9. The van der Waals surface area contributed by atoms with Gasteiger partial charge in [-0.1, -0.05) is 24.3 Å². The Kier molecular flexibility index (Phi) is 3.52. The summed E-state index contributed by atoms with van der Waals surface area (Å²) in [6.45, 7) is 0.614. The minimum Gasteiger partial charge on any atom is -0.504 e. The van der Waals surface area contributed by atoms with Gasteiger partial charge in [-0.05, 0) is 35.7 Å². The number of rotatable bonds is 4. The number of methoxy groups -OCH3 is 1. The molecule has 0 heterocycles. The molecule has 21 heavy (non-hydrogen) atoms. The van der Waals surface area contributed by atoms with E-state index in [4.69, 9.17) is 4.74 Å². The first-order valence-electron chi connectivity index (χ1n) is 6.92. The van der Waals surface area contributed by atoms with E-state index in [2.05, 4.69) is 17.4 Å². The SMILES string of the molecule is COc1ccc(C(=O)NCC2Cc3ccccc32)cc1O. The minimum atomic E-state index is -0.183. The molecule has 3 rings (SSSR count). The molecule has 4 heteroatoms. The maximum atomic E-state index is 12.1. The van der Waals surface area contributed by atoms with E-state index in [0.717, 1.165) is 6.42 Å². The maximum absolute atomic E-state index is 12.1. The number of benzene rings is 2. The van der Waals surface area contributed by atoms with Gasteiger partial charge in [-0.2, -0.15) is 0 Å². The molecule has 2 N–H and O–H groups in total. The molecule has 108 valence electrons. The van der Waals surface area contributed by atoms with Crippen LogP contribution in [0.4, 0.5) is 0 Å². The fraction of sp³-hybridized carbons (Fsp3) is 0.235. The highest BCUT2D eigenvalue weighted by atomic mass is 16.5. The summed E-state index contributed by atoms with van der Waals surface area (Å²) < 4.78 is 4.96. The number of phenols is 1. The van der Waals surface area contributed by atoms with Gasteiger partial charge in [0.2, 0.25) is 0 Å². The second-order valence-corrected chi connectivity index (χ2v) is 5.20. The van der Waals surface area contributed by atoms with Crippen LogP contribution >= 0.6 is 0 Å². The molecule has 1 aliphatic carbocycles. The topological polar surface area (TPSA) is 58.6 Å². The lowest BCUT2D eigenvalue weighted by molar-refractivity contribution is 0.0949. The molecule has 0 aliphatic heterocycles. The first-order chi connectivity index (χ1) is 10.2. The zero-order chi connectivity index (χ0) is 14.8. The van der Waals surface area contributed by atoms with Crippen LogP contribution in [-0.2, 0) is 6.42 Å². The number of amides is 1. The molecule has 0 bridgehead atoms. The molecule has 4 nitrogen and oxygen atoms in total. The van der Waals surface area contributed by atoms with Gasteiger partial charge < -0.3 is 15.2 Å². The fourth-order valence-corrected chi connectivity index (χ4v) is 2.69. The van der Waals surface area contributed by atoms with E-state index in [1.165, 1.54) is 24.3 Å². The molecular formula is C17H17NO3. The third kappa shape index (κ3) is 2.57. The second kappa shape index (κ2) is 5.48. The zero-order valence-electron chi connectivity index (χ0n) is 11.8. The number of carbonyl (C=O) groups excluding carboxylic acids is 1. The predicted octanol–water partition coefficient (Wildman–Crippen LogP) is 2.47. The number of fused-ring (bicyclic) bond motifs is 1. The average molecular weight is 283 g/mol. The van der Waals surface area contributed by atoms with Gasteiger partial charge in [-0.15, -0.1) is 0 Å². The fourth-order valence-electron chi connectivity index (χ4n) is 2.69. The second-order valence-electron chi connectivity index (χ2n) is 5.20. The number of carbonyl (C=O) groups is 1. The van der Waals surface area contributed by atoms with Crippen LogP contribution < -0.4 is 10.1 Å². The van der Waals surface area contributed by atoms with Crippen LogP contribution in [0.3, 0.4) is 0 Å². The van der Waals surface area contributed by atoms with Crippen molar-refractivity contribution in [1.29, 1.82) is 0 Å². The highest BCUT2D eigenvalue weighted by Gasteiger charge is 2.25. The highest BCUT2D eigenvalue weighted by molar-refractivity contribution is 5.94. The van der Waals surface area contributed by atoms with Gasteiger partial charge in [0.05, 0.1) is 7.11 Å². The monoisotopic (exact) mass is 283 g/mol. The average Bonchev–Trinajstić information content (AvgIpc) is 2.48. The Morgan fingerprint density at radius 3 is 2.86 bits per heavy atom. The van der Waals surface area contributed by atoms with Crippen molar-refractivity contribution in [3.63, 3.8) is 0 Å². The van der Waals surface area contributed by atoms with E-state index >= 15 is 0 Å². The van der Waals surface area contributed by atoms with Crippen LogP contribution in [0.2, 0.25) is 0 Å². The molecule has 1 unspecified atom stereocenters. The summed E-state index contributed by atoms with van der Waals surface area (Å²) in [5.41, 5.74) is 3.11. The largest absolute Gasteiger partial charge is 0.504 e. The Bertz CT molecular complexity index is 681. The summed E-state index contributed by atoms with van der Waals surface area (Å²) in [5, 5.41) is 12.6. The van der Waals surface area contributed by atoms with Gasteiger partial charge in [0.15, 0.2) is 11.5 Å². The molecule has 0 radical (unpaired) electrons. The third-order valence-corrected chi connectivity index (χ3v) is 3.91. The van der Waals surface area contributed by atoms with Crippen LogP contribution in [0, 0.1) is 0 Å². The van der Waals surface area contributed by atoms with E-state index in [9.17, 15) is 9.90 Å². The van der Waals surface area contributed by atoms with Crippen molar-refractivity contribution in [2.75, 3.05) is 13.7 Å². The molecule has 0 saturated carbocycles. The third-order valence-electron chi connectivity index (χ3n) is 3.91. The van der Waals surface area contributed by atoms with Crippen molar-refractivity contribution < 1.29 is 14.6 Å². The van der Waals surface area contributed by atoms with E-state index in [1.807, 2.05) is 12.1 Å². The molecule has 1 atom stereocenters. The molecular weight excluding hydrogens is 266 g/mol. The van der Waals surface area contributed by atoms with Gasteiger partial charge in [0.1, 0.15) is 0 Å². The minimum absolute atomic E-state index is 0.0286. The summed E-state index contributed by atoms with van der Waals surface area (Å²) in [7, 11) is 1.48. The number of nitrogens with one attached hydrogen (secondary N) is 1. The molecule has 2 aromatic rings. The highest BCUT2D eigenvalue weighted by Crippen LogP contribution is 2.34. The van der Waals surface area contributed by atoms with Gasteiger partial charge >= 0.3 is 0 Å². The molecule has 0 fully saturated rings. The van der Waals surface area contributed by atoms with Crippen molar-refractivity contribution in [1.82, 2.24) is 5.32 Å². The van der Waals surface area contributed by atoms with Gasteiger partial charge in [-0.25, -0.2) is 0 Å². The normalized spacial score (nSPS) is 15.8. The lowest BCUT2D eigenvalue weighted by atomic mass is 9.77. The van der Waals surface area contributed by atoms with Crippen molar-refractivity contribution in [2.45, 2.75) is 12.3 Å². The summed E-state index contributed by atoms with van der Waals surface area (Å²) in [4.78, 5) is 12.1. The standard InChI is InChI=1S/C17H17NO3/c1-21-16-7-6-12(9-15(16)19)17(20)18-10-13-8-11-4-2-3-5-14(11)13/h2-7,9,13,19H,8,10H2,1H3,(H,18,20). The van der Waals surface area contributed by atoms with E-state index in [1.54, 1.807) is 12.1 Å². The zero-order valence-corrected chi connectivity index (χ0v) is 11.8. The predicted molar refractivity (Wildman–Crippen MR) is 79.9 cm³/mol. The Labute approximate surface area is 123 Å². The quantitative estimate of drug-likeness (QED) is 0.906. The number of hydrogen-bond acceptors (Lipinski definition) is 3. The number of phenolic OH excluding ortho intramolecular Hbond substituents is 1. The number of aromatic hydroxyl groups is 1. The van der Waals surface area contributed by atoms with Crippen molar-refractivity contribution in [3.05, 3.63) is 59.2 Å². The molecule has 0 saturated heterocycles. The van der Waals surface area contributed by atoms with E-state index in [0.29, 0.717) is 23.8 Å². The summed E-state index contributed by atoms with van der Waals surface area (Å²) in [5.74, 6) is 0.535. The first-order valence-corrected chi connectivity index (χ1v) is 6.92. The number of ether oxygens (including phenoxy) is 1. The molecule has 0 spiro atoms. The smallest absolute Gasteiger partial charge is 0.251 e. The molecule has 1 aliphatic rings. The first kappa shape index (κ1) is 13.5. The lowest BCUT2D eigenvalue weighted by Gasteiger charge is -2.30. The Morgan fingerprint density at radius 1 is 1.33 bits per heavy atom. The molecule has 2 aromatic carbocycles. The maximum Gasteiger partial charge on any atom is 0.251 e. The van der Waals surface area contributed by atoms with E-state index in [-0.39, 0.29) is 11.7 Å². The Morgan fingerprint density at radius 2 is 2.14 bits per heavy atom. The van der Waals surface area contributed by atoms with Gasteiger partial charge in [-0.3, -0.25) is 4.79 Å². The lowest BCUT2D eigenvalue weighted by Crippen LogP contribution is -2.33. The summed E-state index contributed by atoms with van der Waals surface area (Å²) in [6.07, 6.45) is 1.00. The van der Waals surface area contributed by atoms with Crippen LogP contribution in [-0.4, -0.2) is 24.7 Å².